The number of nitro benzene ring substituents is 1. The molecule has 0 radical (unpaired) electrons. The van der Waals surface area contributed by atoms with Gasteiger partial charge in [0.05, 0.1) is 4.92 Å². The van der Waals surface area contributed by atoms with Gasteiger partial charge in [-0.2, -0.15) is 0 Å². The first-order valence-electron chi connectivity index (χ1n) is 5.78. The monoisotopic (exact) mass is 255 g/mol. The molecule has 0 heterocycles. The highest BCUT2D eigenvalue weighted by Gasteiger charge is 2.12. The van der Waals surface area contributed by atoms with Crippen LogP contribution in [0.15, 0.2) is 18.2 Å². The van der Waals surface area contributed by atoms with Crippen molar-refractivity contribution in [3.05, 3.63) is 39.4 Å². The molecule has 1 unspecified atom stereocenters. The van der Waals surface area contributed by atoms with Gasteiger partial charge in [-0.15, -0.1) is 11.6 Å². The second-order valence-corrected chi connectivity index (χ2v) is 5.42. The molecule has 1 atom stereocenters. The zero-order valence-electron chi connectivity index (χ0n) is 10.4. The van der Waals surface area contributed by atoms with E-state index < -0.39 is 0 Å². The number of alkyl halides is 1. The van der Waals surface area contributed by atoms with Crippen molar-refractivity contribution in [3.63, 3.8) is 0 Å². The van der Waals surface area contributed by atoms with E-state index in [1.807, 2.05) is 13.0 Å². The second kappa shape index (κ2) is 6.01. The van der Waals surface area contributed by atoms with Gasteiger partial charge in [-0.1, -0.05) is 19.9 Å². The molecule has 0 aromatic heterocycles. The second-order valence-electron chi connectivity index (χ2n) is 4.80. The summed E-state index contributed by atoms with van der Waals surface area (Å²) in [7, 11) is 0. The van der Waals surface area contributed by atoms with Crippen LogP contribution >= 0.6 is 11.6 Å². The van der Waals surface area contributed by atoms with Gasteiger partial charge in [0.25, 0.3) is 5.69 Å². The molecule has 0 saturated carbocycles. The van der Waals surface area contributed by atoms with E-state index >= 15 is 0 Å². The predicted molar refractivity (Wildman–Crippen MR) is 70.6 cm³/mol. The zero-order chi connectivity index (χ0) is 13.0. The highest BCUT2D eigenvalue weighted by molar-refractivity contribution is 6.20. The summed E-state index contributed by atoms with van der Waals surface area (Å²) in [5, 5.41) is 10.7. The van der Waals surface area contributed by atoms with Crippen LogP contribution in [0.3, 0.4) is 0 Å². The van der Waals surface area contributed by atoms with Crippen LogP contribution in [0.4, 0.5) is 5.69 Å². The van der Waals surface area contributed by atoms with Gasteiger partial charge in [-0.05, 0) is 36.8 Å². The molecule has 17 heavy (non-hydrogen) atoms. The lowest BCUT2D eigenvalue weighted by molar-refractivity contribution is -0.384. The van der Waals surface area contributed by atoms with Crippen LogP contribution in [0.5, 0.6) is 0 Å². The van der Waals surface area contributed by atoms with Crippen LogP contribution in [0.2, 0.25) is 0 Å². The molecule has 1 aromatic carbocycles. The molecular weight excluding hydrogens is 238 g/mol. The SMILES string of the molecule is Cc1cc([N+](=O)[O-])ccc1CC(Cl)CC(C)C. The van der Waals surface area contributed by atoms with Gasteiger partial charge < -0.3 is 0 Å². The molecule has 0 aliphatic carbocycles. The first-order valence-corrected chi connectivity index (χ1v) is 6.21. The number of benzene rings is 1. The number of nitro groups is 1. The van der Waals surface area contributed by atoms with Crippen molar-refractivity contribution in [1.29, 1.82) is 0 Å². The smallest absolute Gasteiger partial charge is 0.258 e. The maximum Gasteiger partial charge on any atom is 0.269 e. The Morgan fingerprint density at radius 3 is 2.53 bits per heavy atom. The summed E-state index contributed by atoms with van der Waals surface area (Å²) in [6.45, 7) is 6.16. The molecule has 3 nitrogen and oxygen atoms in total. The van der Waals surface area contributed by atoms with E-state index in [1.54, 1.807) is 12.1 Å². The van der Waals surface area contributed by atoms with Crippen molar-refractivity contribution in [2.24, 2.45) is 5.92 Å². The van der Waals surface area contributed by atoms with Crippen LogP contribution in [-0.4, -0.2) is 10.3 Å². The maximum absolute atomic E-state index is 10.6. The minimum absolute atomic E-state index is 0.0927. The van der Waals surface area contributed by atoms with E-state index in [2.05, 4.69) is 13.8 Å². The summed E-state index contributed by atoms with van der Waals surface area (Å²) in [4.78, 5) is 10.2. The molecule has 1 aromatic rings. The van der Waals surface area contributed by atoms with Gasteiger partial charge >= 0.3 is 0 Å². The molecule has 4 heteroatoms. The Morgan fingerprint density at radius 1 is 1.41 bits per heavy atom. The lowest BCUT2D eigenvalue weighted by Gasteiger charge is -2.13. The first kappa shape index (κ1) is 14.0. The Kier molecular flexibility index (Phi) is 4.94. The molecule has 0 aliphatic heterocycles. The average molecular weight is 256 g/mol. The predicted octanol–water partition coefficient (Wildman–Crippen LogP) is 4.10. The topological polar surface area (TPSA) is 43.1 Å². The minimum Gasteiger partial charge on any atom is -0.258 e. The Morgan fingerprint density at radius 2 is 2.06 bits per heavy atom. The Balaban J connectivity index is 2.75. The molecule has 94 valence electrons. The molecule has 0 bridgehead atoms. The fourth-order valence-corrected chi connectivity index (χ4v) is 2.38. The van der Waals surface area contributed by atoms with Gasteiger partial charge in [0.2, 0.25) is 0 Å². The van der Waals surface area contributed by atoms with E-state index in [9.17, 15) is 10.1 Å². The molecule has 0 saturated heterocycles. The van der Waals surface area contributed by atoms with E-state index in [0.717, 1.165) is 24.0 Å². The van der Waals surface area contributed by atoms with Crippen LogP contribution in [0.1, 0.15) is 31.4 Å². The summed E-state index contributed by atoms with van der Waals surface area (Å²) >= 11 is 6.25. The number of hydrogen-bond donors (Lipinski definition) is 0. The summed E-state index contributed by atoms with van der Waals surface area (Å²) < 4.78 is 0. The van der Waals surface area contributed by atoms with Crippen molar-refractivity contribution in [2.45, 2.75) is 39.0 Å². The summed E-state index contributed by atoms with van der Waals surface area (Å²) in [5.41, 5.74) is 2.17. The van der Waals surface area contributed by atoms with Crippen LogP contribution in [0, 0.1) is 23.0 Å². The van der Waals surface area contributed by atoms with Gasteiger partial charge in [-0.3, -0.25) is 10.1 Å². The molecular formula is C13H18ClNO2. The van der Waals surface area contributed by atoms with Crippen molar-refractivity contribution in [1.82, 2.24) is 0 Å². The highest BCUT2D eigenvalue weighted by atomic mass is 35.5. The quantitative estimate of drug-likeness (QED) is 0.452. The summed E-state index contributed by atoms with van der Waals surface area (Å²) in [6, 6.07) is 4.96. The van der Waals surface area contributed by atoms with Crippen molar-refractivity contribution < 1.29 is 4.92 Å². The van der Waals surface area contributed by atoms with Crippen molar-refractivity contribution in [2.75, 3.05) is 0 Å². The Bertz CT molecular complexity index is 404. The summed E-state index contributed by atoms with van der Waals surface area (Å²) in [5.74, 6) is 0.566. The number of nitrogens with zero attached hydrogens (tertiary/aromatic N) is 1. The molecule has 0 amide bonds. The normalized spacial score (nSPS) is 12.8. The highest BCUT2D eigenvalue weighted by Crippen LogP contribution is 2.22. The third-order valence-electron chi connectivity index (χ3n) is 2.71. The standard InChI is InChI=1S/C13H18ClNO2/c1-9(2)6-12(14)8-11-4-5-13(15(16)17)7-10(11)3/h4-5,7,9,12H,6,8H2,1-3H3. The molecule has 0 fully saturated rings. The van der Waals surface area contributed by atoms with E-state index in [1.165, 1.54) is 0 Å². The van der Waals surface area contributed by atoms with Crippen LogP contribution in [0.25, 0.3) is 0 Å². The number of aryl methyl sites for hydroxylation is 1. The molecule has 1 rings (SSSR count). The van der Waals surface area contributed by atoms with E-state index in [0.29, 0.717) is 5.92 Å². The van der Waals surface area contributed by atoms with E-state index in [-0.39, 0.29) is 16.0 Å². The Hall–Kier alpha value is -1.09. The average Bonchev–Trinajstić information content (AvgIpc) is 2.19. The van der Waals surface area contributed by atoms with Gasteiger partial charge in [-0.25, -0.2) is 0 Å². The molecule has 0 N–H and O–H groups in total. The van der Waals surface area contributed by atoms with Gasteiger partial charge in [0, 0.05) is 17.5 Å². The maximum atomic E-state index is 10.6. The van der Waals surface area contributed by atoms with Crippen LogP contribution in [-0.2, 0) is 6.42 Å². The number of halogens is 1. The molecule has 0 aliphatic rings. The number of rotatable bonds is 5. The van der Waals surface area contributed by atoms with Crippen LogP contribution < -0.4 is 0 Å². The number of non-ortho nitro benzene ring substituents is 1. The lowest BCUT2D eigenvalue weighted by Crippen LogP contribution is -2.08. The van der Waals surface area contributed by atoms with Gasteiger partial charge in [0.15, 0.2) is 0 Å². The third-order valence-corrected chi connectivity index (χ3v) is 3.04. The Labute approximate surface area is 107 Å². The van der Waals surface area contributed by atoms with Crippen molar-refractivity contribution >= 4 is 17.3 Å². The first-order chi connectivity index (χ1) is 7.90. The largest absolute Gasteiger partial charge is 0.269 e. The fraction of sp³-hybridized carbons (Fsp3) is 0.538. The fourth-order valence-electron chi connectivity index (χ4n) is 1.86. The summed E-state index contributed by atoms with van der Waals surface area (Å²) in [6.07, 6.45) is 1.72. The van der Waals surface area contributed by atoms with Gasteiger partial charge in [0.1, 0.15) is 0 Å². The van der Waals surface area contributed by atoms with E-state index in [4.69, 9.17) is 11.6 Å². The third kappa shape index (κ3) is 4.35. The zero-order valence-corrected chi connectivity index (χ0v) is 11.2. The minimum atomic E-state index is -0.372. The lowest BCUT2D eigenvalue weighted by atomic mass is 9.98. The molecule has 0 spiro atoms. The van der Waals surface area contributed by atoms with Crippen molar-refractivity contribution in [3.8, 4) is 0 Å². The number of hydrogen-bond acceptors (Lipinski definition) is 2.